The lowest BCUT2D eigenvalue weighted by molar-refractivity contribution is -0.385. The number of nitrogens with one attached hydrogen (secondary N) is 1. The standard InChI is InChI=1S/C20H13F3N2O5/c21-20(22,23)12-4-8-14(9-5-12)30-15-10-6-13(7-11-15)24-19(27)18-16(25(28)29)2-1-3-17(18)26/h1-11,26H,(H,24,27). The van der Waals surface area contributed by atoms with E-state index in [2.05, 4.69) is 5.32 Å². The molecule has 0 fully saturated rings. The van der Waals surface area contributed by atoms with Gasteiger partial charge in [-0.05, 0) is 54.6 Å². The van der Waals surface area contributed by atoms with E-state index >= 15 is 0 Å². The van der Waals surface area contributed by atoms with Gasteiger partial charge in [-0.25, -0.2) is 0 Å². The zero-order chi connectivity index (χ0) is 21.9. The highest BCUT2D eigenvalue weighted by Crippen LogP contribution is 2.32. The molecule has 0 unspecified atom stereocenters. The summed E-state index contributed by atoms with van der Waals surface area (Å²) in [4.78, 5) is 22.6. The second-order valence-electron chi connectivity index (χ2n) is 6.03. The monoisotopic (exact) mass is 418 g/mol. The summed E-state index contributed by atoms with van der Waals surface area (Å²) in [6, 6.07) is 13.4. The molecule has 0 aliphatic rings. The lowest BCUT2D eigenvalue weighted by Crippen LogP contribution is -2.14. The first-order chi connectivity index (χ1) is 14.1. The number of rotatable bonds is 5. The summed E-state index contributed by atoms with van der Waals surface area (Å²) in [5, 5.41) is 23.3. The van der Waals surface area contributed by atoms with Gasteiger partial charge in [0.15, 0.2) is 5.56 Å². The summed E-state index contributed by atoms with van der Waals surface area (Å²) >= 11 is 0. The van der Waals surface area contributed by atoms with Crippen molar-refractivity contribution in [3.8, 4) is 17.2 Å². The number of hydrogen-bond acceptors (Lipinski definition) is 5. The van der Waals surface area contributed by atoms with E-state index in [1.807, 2.05) is 0 Å². The van der Waals surface area contributed by atoms with E-state index in [1.54, 1.807) is 0 Å². The van der Waals surface area contributed by atoms with Crippen LogP contribution in [0.25, 0.3) is 0 Å². The van der Waals surface area contributed by atoms with Crippen LogP contribution >= 0.6 is 0 Å². The van der Waals surface area contributed by atoms with Gasteiger partial charge in [0.25, 0.3) is 11.6 Å². The molecular weight excluding hydrogens is 405 g/mol. The highest BCUT2D eigenvalue weighted by atomic mass is 19.4. The maximum atomic E-state index is 12.6. The second-order valence-corrected chi connectivity index (χ2v) is 6.03. The van der Waals surface area contributed by atoms with Gasteiger partial charge in [0.1, 0.15) is 17.2 Å². The van der Waals surface area contributed by atoms with Crippen molar-refractivity contribution in [1.29, 1.82) is 0 Å². The number of alkyl halides is 3. The Morgan fingerprint density at radius 2 is 1.53 bits per heavy atom. The average molecular weight is 418 g/mol. The number of halogens is 3. The number of aromatic hydroxyl groups is 1. The Morgan fingerprint density at radius 1 is 0.967 bits per heavy atom. The molecule has 1 amide bonds. The molecule has 0 heterocycles. The molecule has 0 aliphatic heterocycles. The van der Waals surface area contributed by atoms with Gasteiger partial charge >= 0.3 is 6.18 Å². The van der Waals surface area contributed by atoms with Gasteiger partial charge in [0.05, 0.1) is 10.5 Å². The summed E-state index contributed by atoms with van der Waals surface area (Å²) < 4.78 is 43.2. The molecule has 0 bridgehead atoms. The summed E-state index contributed by atoms with van der Waals surface area (Å²) in [5.41, 5.74) is -1.56. The van der Waals surface area contributed by atoms with Gasteiger partial charge in [0, 0.05) is 11.8 Å². The first-order valence-electron chi connectivity index (χ1n) is 8.38. The number of benzene rings is 3. The molecule has 3 aromatic carbocycles. The zero-order valence-corrected chi connectivity index (χ0v) is 15.0. The van der Waals surface area contributed by atoms with Gasteiger partial charge in [-0.1, -0.05) is 6.07 Å². The summed E-state index contributed by atoms with van der Waals surface area (Å²) in [7, 11) is 0. The van der Waals surface area contributed by atoms with Crippen molar-refractivity contribution in [2.24, 2.45) is 0 Å². The molecule has 0 spiro atoms. The molecule has 0 saturated carbocycles. The number of ether oxygens (including phenoxy) is 1. The predicted octanol–water partition coefficient (Wildman–Crippen LogP) is 5.36. The fraction of sp³-hybridized carbons (Fsp3) is 0.0500. The SMILES string of the molecule is O=C(Nc1ccc(Oc2ccc(C(F)(F)F)cc2)cc1)c1c(O)cccc1[N+](=O)[O-]. The molecule has 10 heteroatoms. The molecule has 3 rings (SSSR count). The molecule has 2 N–H and O–H groups in total. The maximum Gasteiger partial charge on any atom is 0.416 e. The number of anilines is 1. The number of carbonyl (C=O) groups is 1. The van der Waals surface area contributed by atoms with Crippen molar-refractivity contribution >= 4 is 17.3 Å². The van der Waals surface area contributed by atoms with E-state index in [0.29, 0.717) is 5.75 Å². The van der Waals surface area contributed by atoms with Crippen LogP contribution in [0.15, 0.2) is 66.7 Å². The largest absolute Gasteiger partial charge is 0.507 e. The van der Waals surface area contributed by atoms with Crippen molar-refractivity contribution in [2.75, 3.05) is 5.32 Å². The topological polar surface area (TPSA) is 102 Å². The number of phenolic OH excluding ortho intramolecular Hbond substituents is 1. The van der Waals surface area contributed by atoms with Crippen molar-refractivity contribution in [1.82, 2.24) is 0 Å². The lowest BCUT2D eigenvalue weighted by Gasteiger charge is -2.10. The van der Waals surface area contributed by atoms with Crippen molar-refractivity contribution in [2.45, 2.75) is 6.18 Å². The Bertz CT molecular complexity index is 1080. The fourth-order valence-electron chi connectivity index (χ4n) is 2.56. The molecule has 0 saturated heterocycles. The van der Waals surface area contributed by atoms with Crippen molar-refractivity contribution < 1.29 is 32.7 Å². The molecule has 3 aromatic rings. The molecule has 0 atom stereocenters. The van der Waals surface area contributed by atoms with Crippen LogP contribution in [0.3, 0.4) is 0 Å². The first-order valence-corrected chi connectivity index (χ1v) is 8.38. The van der Waals surface area contributed by atoms with Crippen LogP contribution < -0.4 is 10.1 Å². The quantitative estimate of drug-likeness (QED) is 0.429. The maximum absolute atomic E-state index is 12.6. The number of hydrogen-bond donors (Lipinski definition) is 2. The van der Waals surface area contributed by atoms with Crippen LogP contribution in [0.2, 0.25) is 0 Å². The Balaban J connectivity index is 1.71. The summed E-state index contributed by atoms with van der Waals surface area (Å²) in [5.74, 6) is -0.939. The number of carbonyl (C=O) groups excluding carboxylic acids is 1. The van der Waals surface area contributed by atoms with Gasteiger partial charge in [0.2, 0.25) is 0 Å². The third kappa shape index (κ3) is 4.66. The Morgan fingerprint density at radius 3 is 2.07 bits per heavy atom. The van der Waals surface area contributed by atoms with Gasteiger partial charge in [-0.3, -0.25) is 14.9 Å². The highest BCUT2D eigenvalue weighted by molar-refractivity contribution is 6.09. The smallest absolute Gasteiger partial charge is 0.416 e. The minimum Gasteiger partial charge on any atom is -0.507 e. The molecular formula is C20H13F3N2O5. The molecule has 154 valence electrons. The minimum atomic E-state index is -4.44. The van der Waals surface area contributed by atoms with Crippen LogP contribution in [0.1, 0.15) is 15.9 Å². The molecule has 30 heavy (non-hydrogen) atoms. The number of amides is 1. The van der Waals surface area contributed by atoms with Crippen molar-refractivity contribution in [3.05, 3.63) is 88.0 Å². The van der Waals surface area contributed by atoms with E-state index in [0.717, 1.165) is 24.3 Å². The number of nitro groups is 1. The minimum absolute atomic E-state index is 0.185. The van der Waals surface area contributed by atoms with Crippen LogP contribution in [0.5, 0.6) is 17.2 Å². The third-order valence-electron chi connectivity index (χ3n) is 3.97. The summed E-state index contributed by atoms with van der Waals surface area (Å²) in [6.45, 7) is 0. The third-order valence-corrected chi connectivity index (χ3v) is 3.97. The average Bonchev–Trinajstić information content (AvgIpc) is 2.69. The molecule has 0 aliphatic carbocycles. The fourth-order valence-corrected chi connectivity index (χ4v) is 2.56. The number of nitrogens with zero attached hydrogens (tertiary/aromatic N) is 1. The normalized spacial score (nSPS) is 11.0. The van der Waals surface area contributed by atoms with Crippen LogP contribution in [-0.2, 0) is 6.18 Å². The van der Waals surface area contributed by atoms with Gasteiger partial charge < -0.3 is 15.2 Å². The van der Waals surface area contributed by atoms with E-state index in [9.17, 15) is 33.2 Å². The Labute approximate surface area is 167 Å². The second kappa shape index (κ2) is 8.11. The van der Waals surface area contributed by atoms with Crippen LogP contribution in [0.4, 0.5) is 24.5 Å². The molecule has 7 nitrogen and oxygen atoms in total. The molecule has 0 aromatic heterocycles. The van der Waals surface area contributed by atoms with E-state index < -0.39 is 39.6 Å². The Hall–Kier alpha value is -4.08. The molecule has 0 radical (unpaired) electrons. The van der Waals surface area contributed by atoms with E-state index in [1.165, 1.54) is 42.5 Å². The van der Waals surface area contributed by atoms with Crippen molar-refractivity contribution in [3.63, 3.8) is 0 Å². The predicted molar refractivity (Wildman–Crippen MR) is 101 cm³/mol. The van der Waals surface area contributed by atoms with E-state index in [-0.39, 0.29) is 11.4 Å². The number of nitro benzene ring substituents is 1. The van der Waals surface area contributed by atoms with E-state index in [4.69, 9.17) is 4.74 Å². The lowest BCUT2D eigenvalue weighted by atomic mass is 10.1. The highest BCUT2D eigenvalue weighted by Gasteiger charge is 2.30. The Kier molecular flexibility index (Phi) is 5.58. The van der Waals surface area contributed by atoms with Crippen LogP contribution in [0, 0.1) is 10.1 Å². The number of phenols is 1. The summed E-state index contributed by atoms with van der Waals surface area (Å²) in [6.07, 6.45) is -4.44. The van der Waals surface area contributed by atoms with Gasteiger partial charge in [-0.2, -0.15) is 13.2 Å². The first kappa shape index (κ1) is 20.6. The van der Waals surface area contributed by atoms with Crippen LogP contribution in [-0.4, -0.2) is 15.9 Å². The zero-order valence-electron chi connectivity index (χ0n) is 15.0. The van der Waals surface area contributed by atoms with Gasteiger partial charge in [-0.15, -0.1) is 0 Å².